The number of amides is 2. The molecule has 0 spiro atoms. The maximum atomic E-state index is 13.1. The maximum absolute atomic E-state index is 13.1. The Kier molecular flexibility index (Phi) is 5.34. The van der Waals surface area contributed by atoms with E-state index in [9.17, 15) is 24.3 Å². The molecule has 1 saturated heterocycles. The molecule has 0 aliphatic carbocycles. The van der Waals surface area contributed by atoms with Gasteiger partial charge in [-0.15, -0.1) is 22.0 Å². The summed E-state index contributed by atoms with van der Waals surface area (Å²) < 4.78 is 0. The molecule has 0 aromatic carbocycles. The molecule has 14 heteroatoms. The first-order chi connectivity index (χ1) is 14.3. The number of β-lactam (4-membered cyclic amide) rings is 1. The van der Waals surface area contributed by atoms with Gasteiger partial charge in [0.2, 0.25) is 5.91 Å². The number of aliphatic carboxylic acids is 1. The Hall–Kier alpha value is -2.42. The highest BCUT2D eigenvalue weighted by atomic mass is 32.2. The van der Waals surface area contributed by atoms with Crippen LogP contribution in [0, 0.1) is 6.92 Å². The summed E-state index contributed by atoms with van der Waals surface area (Å²) in [6.45, 7) is 1.75. The summed E-state index contributed by atoms with van der Waals surface area (Å²) in [5.74, 6) is -2.14. The average molecular weight is 484 g/mol. The highest BCUT2D eigenvalue weighted by Crippen LogP contribution is 2.48. The van der Waals surface area contributed by atoms with Gasteiger partial charge in [-0.25, -0.2) is 4.79 Å². The third-order valence-electron chi connectivity index (χ3n) is 4.55. The predicted octanol–water partition coefficient (Wildman–Crippen LogP) is 0.405. The number of fused-ring (bicyclic) bond motifs is 1. The van der Waals surface area contributed by atoms with Crippen LogP contribution in [0.1, 0.15) is 15.7 Å². The van der Waals surface area contributed by atoms with Crippen molar-refractivity contribution in [2.75, 3.05) is 5.75 Å². The van der Waals surface area contributed by atoms with Gasteiger partial charge in [-0.3, -0.25) is 19.3 Å². The van der Waals surface area contributed by atoms with Crippen molar-refractivity contribution in [1.29, 1.82) is 0 Å². The van der Waals surface area contributed by atoms with E-state index in [2.05, 4.69) is 20.5 Å². The van der Waals surface area contributed by atoms with Crippen LogP contribution in [0.2, 0.25) is 0 Å². The smallest absolute Gasteiger partial charge is 0.353 e. The quantitative estimate of drug-likeness (QED) is 0.393. The molecule has 4 heterocycles. The Morgan fingerprint density at radius 3 is 2.80 bits per heavy atom. The zero-order valence-corrected chi connectivity index (χ0v) is 18.5. The van der Waals surface area contributed by atoms with Gasteiger partial charge >= 0.3 is 10.8 Å². The number of thioether (sulfide) groups is 1. The Morgan fingerprint density at radius 1 is 1.47 bits per heavy atom. The van der Waals surface area contributed by atoms with Gasteiger partial charge in [0, 0.05) is 27.8 Å². The van der Waals surface area contributed by atoms with Crippen molar-refractivity contribution >= 4 is 75.4 Å². The lowest BCUT2D eigenvalue weighted by Gasteiger charge is -2.55. The van der Waals surface area contributed by atoms with Crippen LogP contribution in [-0.4, -0.2) is 65.0 Å². The Balaban J connectivity index is 1.62. The number of aromatic amines is 1. The first kappa shape index (κ1) is 20.8. The zero-order chi connectivity index (χ0) is 21.6. The van der Waals surface area contributed by atoms with Gasteiger partial charge in [-0.1, -0.05) is 34.9 Å². The van der Waals surface area contributed by atoms with E-state index in [0.29, 0.717) is 21.3 Å². The number of thiocarbonyl (C=S) groups is 1. The number of carbonyl (C=O) groups excluding carboxylic acids is 2. The first-order valence-corrected chi connectivity index (χ1v) is 11.6. The molecule has 2 aromatic heterocycles. The lowest BCUT2D eigenvalue weighted by molar-refractivity contribution is -0.153. The SMILES string of the molecule is Cc1nnc(C2=C(C(=O)O)N3C(=O)C(C=S)(NC(=O)Cc4csc(=O)[nH]4)[C@@H]3SC2)s1. The second-order valence-electron chi connectivity index (χ2n) is 6.48. The molecule has 2 atom stereocenters. The molecular formula is C16H13N5O5S4. The number of carboxylic acid groups (broad SMARTS) is 1. The monoisotopic (exact) mass is 483 g/mol. The van der Waals surface area contributed by atoms with Crippen molar-refractivity contribution in [3.63, 3.8) is 0 Å². The number of nitrogens with zero attached hydrogens (tertiary/aromatic N) is 3. The summed E-state index contributed by atoms with van der Waals surface area (Å²) >= 11 is 8.52. The number of H-pyrrole nitrogens is 1. The second kappa shape index (κ2) is 7.68. The van der Waals surface area contributed by atoms with Crippen molar-refractivity contribution in [2.45, 2.75) is 24.3 Å². The van der Waals surface area contributed by atoms with E-state index in [1.165, 1.54) is 28.5 Å². The Labute approximate surface area is 186 Å². The molecule has 0 saturated carbocycles. The lowest BCUT2D eigenvalue weighted by atomic mass is 9.87. The number of hydrogen-bond acceptors (Lipinski definition) is 10. The van der Waals surface area contributed by atoms with Gasteiger partial charge in [0.15, 0.2) is 5.54 Å². The van der Waals surface area contributed by atoms with Crippen LogP contribution < -0.4 is 10.2 Å². The van der Waals surface area contributed by atoms with Crippen molar-refractivity contribution in [3.8, 4) is 0 Å². The molecule has 4 rings (SSSR count). The van der Waals surface area contributed by atoms with E-state index in [4.69, 9.17) is 12.2 Å². The molecule has 2 amide bonds. The van der Waals surface area contributed by atoms with Crippen molar-refractivity contribution in [3.05, 3.63) is 36.5 Å². The van der Waals surface area contributed by atoms with E-state index in [1.807, 2.05) is 0 Å². The Bertz CT molecular complexity index is 1170. The van der Waals surface area contributed by atoms with Gasteiger partial charge in [0.05, 0.1) is 6.42 Å². The van der Waals surface area contributed by atoms with Crippen LogP contribution >= 0.6 is 46.7 Å². The fourth-order valence-corrected chi connectivity index (χ4v) is 6.49. The van der Waals surface area contributed by atoms with Crippen LogP contribution in [0.5, 0.6) is 0 Å². The normalized spacial score (nSPS) is 23.0. The molecule has 156 valence electrons. The first-order valence-electron chi connectivity index (χ1n) is 8.43. The Morgan fingerprint density at radius 2 is 2.23 bits per heavy atom. The molecule has 2 aliphatic rings. The van der Waals surface area contributed by atoms with Gasteiger partial charge < -0.3 is 15.4 Å². The number of carbonyl (C=O) groups is 3. The van der Waals surface area contributed by atoms with E-state index < -0.39 is 28.7 Å². The van der Waals surface area contributed by atoms with Gasteiger partial charge in [-0.05, 0) is 6.92 Å². The van der Waals surface area contributed by atoms with Crippen molar-refractivity contribution in [1.82, 2.24) is 25.4 Å². The summed E-state index contributed by atoms with van der Waals surface area (Å²) in [6, 6.07) is 0. The average Bonchev–Trinajstić information content (AvgIpc) is 3.32. The molecule has 3 N–H and O–H groups in total. The van der Waals surface area contributed by atoms with Crippen LogP contribution in [-0.2, 0) is 20.8 Å². The summed E-state index contributed by atoms with van der Waals surface area (Å²) in [6.07, 6.45) is -0.134. The molecule has 2 aliphatic heterocycles. The highest BCUT2D eigenvalue weighted by molar-refractivity contribution is 8.00. The lowest BCUT2D eigenvalue weighted by Crippen LogP contribution is -2.80. The maximum Gasteiger partial charge on any atom is 0.353 e. The molecule has 2 aromatic rings. The fourth-order valence-electron chi connectivity index (χ4n) is 3.27. The third-order valence-corrected chi connectivity index (χ3v) is 7.89. The van der Waals surface area contributed by atoms with Crippen LogP contribution in [0.25, 0.3) is 5.57 Å². The largest absolute Gasteiger partial charge is 0.477 e. The number of hydrogen-bond donors (Lipinski definition) is 3. The van der Waals surface area contributed by atoms with E-state index in [-0.39, 0.29) is 22.7 Å². The van der Waals surface area contributed by atoms with Crippen molar-refractivity contribution in [2.24, 2.45) is 0 Å². The molecule has 0 radical (unpaired) electrons. The highest BCUT2D eigenvalue weighted by Gasteiger charge is 2.64. The number of thiazole rings is 1. The molecular weight excluding hydrogens is 470 g/mol. The van der Waals surface area contributed by atoms with Crippen LogP contribution in [0.4, 0.5) is 0 Å². The van der Waals surface area contributed by atoms with Crippen molar-refractivity contribution < 1.29 is 19.5 Å². The van der Waals surface area contributed by atoms with E-state index in [0.717, 1.165) is 21.6 Å². The van der Waals surface area contributed by atoms with Gasteiger partial charge in [0.1, 0.15) is 21.1 Å². The second-order valence-corrected chi connectivity index (χ2v) is 9.81. The zero-order valence-electron chi connectivity index (χ0n) is 15.2. The summed E-state index contributed by atoms with van der Waals surface area (Å²) in [7, 11) is 0. The number of rotatable bonds is 6. The number of aromatic nitrogens is 3. The molecule has 0 bridgehead atoms. The number of carboxylic acids is 1. The third kappa shape index (κ3) is 3.29. The molecule has 10 nitrogen and oxygen atoms in total. The summed E-state index contributed by atoms with van der Waals surface area (Å²) in [4.78, 5) is 52.2. The molecule has 1 fully saturated rings. The van der Waals surface area contributed by atoms with Gasteiger partial charge in [0.25, 0.3) is 5.91 Å². The standard InChI is InChI=1S/C16H13N5O5S4/c1-6-19-20-11(30-6)8-4-28-14-16(5-27,13(25)21(14)10(8)12(23)24)18-9(22)2-7-3-29-15(26)17-7/h3,5,14H,2,4H2,1H3,(H,17,26)(H,18,22)(H,23,24)/t14-,16?/m0/s1. The number of nitrogens with one attached hydrogen (secondary N) is 2. The van der Waals surface area contributed by atoms with Crippen LogP contribution in [0.15, 0.2) is 15.9 Å². The van der Waals surface area contributed by atoms with Crippen LogP contribution in [0.3, 0.4) is 0 Å². The minimum atomic E-state index is -1.50. The molecule has 1 unspecified atom stereocenters. The molecule has 30 heavy (non-hydrogen) atoms. The minimum Gasteiger partial charge on any atom is -0.477 e. The summed E-state index contributed by atoms with van der Waals surface area (Å²) in [5, 5.41) is 23.4. The predicted molar refractivity (Wildman–Crippen MR) is 115 cm³/mol. The van der Waals surface area contributed by atoms with E-state index in [1.54, 1.807) is 6.92 Å². The van der Waals surface area contributed by atoms with Gasteiger partial charge in [-0.2, -0.15) is 0 Å². The van der Waals surface area contributed by atoms with E-state index >= 15 is 0 Å². The number of aryl methyl sites for hydroxylation is 1. The topological polar surface area (TPSA) is 145 Å². The fraction of sp³-hybridized carbons (Fsp3) is 0.312. The summed E-state index contributed by atoms with van der Waals surface area (Å²) in [5.41, 5.74) is -0.856. The minimum absolute atomic E-state index is 0.134.